The second-order valence-corrected chi connectivity index (χ2v) is 6.31. The number of hydrogen-bond donors (Lipinski definition) is 1. The van der Waals surface area contributed by atoms with Gasteiger partial charge in [-0.2, -0.15) is 5.26 Å². The first-order valence-electron chi connectivity index (χ1n) is 9.39. The highest BCUT2D eigenvalue weighted by molar-refractivity contribution is 6.09. The predicted molar refractivity (Wildman–Crippen MR) is 110 cm³/mol. The maximum Gasteiger partial charge on any atom is 0.338 e. The van der Waals surface area contributed by atoms with Crippen LogP contribution in [0.3, 0.4) is 0 Å². The van der Waals surface area contributed by atoms with E-state index in [2.05, 4.69) is 12.2 Å². The van der Waals surface area contributed by atoms with Gasteiger partial charge in [-0.1, -0.05) is 56.5 Å². The molecule has 0 atom stereocenters. The van der Waals surface area contributed by atoms with E-state index in [0.29, 0.717) is 17.9 Å². The van der Waals surface area contributed by atoms with Crippen LogP contribution < -0.4 is 5.32 Å². The Labute approximate surface area is 165 Å². The van der Waals surface area contributed by atoms with Gasteiger partial charge in [0.25, 0.3) is 5.91 Å². The number of rotatable bonds is 9. The number of anilines is 1. The van der Waals surface area contributed by atoms with Crippen molar-refractivity contribution in [3.8, 4) is 6.07 Å². The molecule has 0 aliphatic heterocycles. The van der Waals surface area contributed by atoms with Crippen molar-refractivity contribution in [2.24, 2.45) is 0 Å². The van der Waals surface area contributed by atoms with E-state index >= 15 is 0 Å². The predicted octanol–water partition coefficient (Wildman–Crippen LogP) is 4.97. The molecule has 1 N–H and O–H groups in total. The van der Waals surface area contributed by atoms with Gasteiger partial charge in [0.1, 0.15) is 11.6 Å². The summed E-state index contributed by atoms with van der Waals surface area (Å²) in [7, 11) is 0. The number of amides is 1. The molecule has 0 bridgehead atoms. The molecule has 0 spiro atoms. The van der Waals surface area contributed by atoms with Crippen LogP contribution in [0.25, 0.3) is 6.08 Å². The average molecular weight is 376 g/mol. The van der Waals surface area contributed by atoms with Gasteiger partial charge < -0.3 is 10.1 Å². The zero-order chi connectivity index (χ0) is 20.2. The second-order valence-electron chi connectivity index (χ2n) is 6.31. The highest BCUT2D eigenvalue weighted by Gasteiger charge is 2.11. The highest BCUT2D eigenvalue weighted by atomic mass is 16.5. The fourth-order valence-corrected chi connectivity index (χ4v) is 2.53. The molecule has 0 radical (unpaired) electrons. The lowest BCUT2D eigenvalue weighted by Gasteiger charge is -2.07. The zero-order valence-corrected chi connectivity index (χ0v) is 16.0. The van der Waals surface area contributed by atoms with Crippen LogP contribution in [-0.4, -0.2) is 18.5 Å². The standard InChI is InChI=1S/C23H24N2O3/c1-2-3-4-8-15-28-23(27)19-11-13-21(14-12-19)25-22(26)20(17-24)16-18-9-6-5-7-10-18/h5-7,9-14,16H,2-4,8,15H2,1H3,(H,25,26)/b20-16+. The number of nitrogens with zero attached hydrogens (tertiary/aromatic N) is 1. The van der Waals surface area contributed by atoms with Crippen molar-refractivity contribution < 1.29 is 14.3 Å². The normalized spacial score (nSPS) is 10.8. The first kappa shape index (κ1) is 20.9. The maximum absolute atomic E-state index is 12.3. The molecule has 0 fully saturated rings. The first-order chi connectivity index (χ1) is 13.6. The lowest BCUT2D eigenvalue weighted by molar-refractivity contribution is -0.112. The average Bonchev–Trinajstić information content (AvgIpc) is 2.73. The molecular weight excluding hydrogens is 352 g/mol. The van der Waals surface area contributed by atoms with Gasteiger partial charge >= 0.3 is 5.97 Å². The van der Waals surface area contributed by atoms with E-state index in [-0.39, 0.29) is 11.5 Å². The van der Waals surface area contributed by atoms with Crippen molar-refractivity contribution in [2.75, 3.05) is 11.9 Å². The SMILES string of the molecule is CCCCCCOC(=O)c1ccc(NC(=O)/C(C#N)=C/c2ccccc2)cc1. The molecule has 144 valence electrons. The van der Waals surface area contributed by atoms with Gasteiger partial charge in [-0.3, -0.25) is 4.79 Å². The van der Waals surface area contributed by atoms with Gasteiger partial charge in [-0.25, -0.2) is 4.79 Å². The number of hydrogen-bond acceptors (Lipinski definition) is 4. The molecule has 28 heavy (non-hydrogen) atoms. The summed E-state index contributed by atoms with van der Waals surface area (Å²) < 4.78 is 5.24. The van der Waals surface area contributed by atoms with Crippen molar-refractivity contribution in [3.05, 3.63) is 71.3 Å². The number of carbonyl (C=O) groups is 2. The van der Waals surface area contributed by atoms with Crippen LogP contribution in [0.2, 0.25) is 0 Å². The minimum absolute atomic E-state index is 0.00163. The Bertz CT molecular complexity index is 850. The third kappa shape index (κ3) is 6.73. The third-order valence-electron chi connectivity index (χ3n) is 4.09. The number of nitriles is 1. The summed E-state index contributed by atoms with van der Waals surface area (Å²) in [5.74, 6) is -0.881. The number of nitrogens with one attached hydrogen (secondary N) is 1. The molecule has 0 aromatic heterocycles. The van der Waals surface area contributed by atoms with Crippen molar-refractivity contribution in [3.63, 3.8) is 0 Å². The number of benzene rings is 2. The number of esters is 1. The van der Waals surface area contributed by atoms with Gasteiger partial charge in [0.15, 0.2) is 0 Å². The second kappa shape index (κ2) is 11.3. The summed E-state index contributed by atoms with van der Waals surface area (Å²) in [4.78, 5) is 24.3. The van der Waals surface area contributed by atoms with Crippen LogP contribution in [0.15, 0.2) is 60.2 Å². The zero-order valence-electron chi connectivity index (χ0n) is 16.0. The topological polar surface area (TPSA) is 79.2 Å². The first-order valence-corrected chi connectivity index (χ1v) is 9.39. The molecule has 2 aromatic rings. The largest absolute Gasteiger partial charge is 0.462 e. The molecular formula is C23H24N2O3. The summed E-state index contributed by atoms with van der Waals surface area (Å²) in [6.45, 7) is 2.54. The van der Waals surface area contributed by atoms with Crippen LogP contribution in [0.5, 0.6) is 0 Å². The Hall–Kier alpha value is -3.39. The van der Waals surface area contributed by atoms with E-state index in [4.69, 9.17) is 4.74 Å². The minimum atomic E-state index is -0.502. The fraction of sp³-hybridized carbons (Fsp3) is 0.261. The number of carbonyl (C=O) groups excluding carboxylic acids is 2. The van der Waals surface area contributed by atoms with Crippen molar-refractivity contribution in [1.29, 1.82) is 5.26 Å². The van der Waals surface area contributed by atoms with E-state index in [0.717, 1.165) is 31.2 Å². The summed E-state index contributed by atoms with van der Waals surface area (Å²) in [5, 5.41) is 11.9. The van der Waals surface area contributed by atoms with Gasteiger partial charge in [-0.05, 0) is 42.3 Å². The molecule has 0 aliphatic carbocycles. The van der Waals surface area contributed by atoms with Gasteiger partial charge in [0.2, 0.25) is 0 Å². The third-order valence-corrected chi connectivity index (χ3v) is 4.09. The molecule has 0 saturated heterocycles. The van der Waals surface area contributed by atoms with E-state index in [1.807, 2.05) is 36.4 Å². The van der Waals surface area contributed by atoms with Crippen molar-refractivity contribution in [1.82, 2.24) is 0 Å². The lowest BCUT2D eigenvalue weighted by atomic mass is 10.1. The number of ether oxygens (including phenoxy) is 1. The van der Waals surface area contributed by atoms with E-state index < -0.39 is 5.91 Å². The Balaban J connectivity index is 1.92. The Morgan fingerprint density at radius 3 is 2.39 bits per heavy atom. The van der Waals surface area contributed by atoms with Crippen LogP contribution in [0.4, 0.5) is 5.69 Å². The quantitative estimate of drug-likeness (QED) is 0.290. The van der Waals surface area contributed by atoms with Crippen LogP contribution >= 0.6 is 0 Å². The molecule has 5 nitrogen and oxygen atoms in total. The number of unbranched alkanes of at least 4 members (excludes halogenated alkanes) is 3. The molecule has 0 aliphatic rings. The summed E-state index contributed by atoms with van der Waals surface area (Å²) >= 11 is 0. The van der Waals surface area contributed by atoms with Crippen molar-refractivity contribution >= 4 is 23.6 Å². The van der Waals surface area contributed by atoms with Crippen LogP contribution in [0, 0.1) is 11.3 Å². The monoisotopic (exact) mass is 376 g/mol. The molecule has 2 rings (SSSR count). The molecule has 5 heteroatoms. The highest BCUT2D eigenvalue weighted by Crippen LogP contribution is 2.13. The minimum Gasteiger partial charge on any atom is -0.462 e. The van der Waals surface area contributed by atoms with Gasteiger partial charge in [0.05, 0.1) is 12.2 Å². The van der Waals surface area contributed by atoms with Crippen molar-refractivity contribution in [2.45, 2.75) is 32.6 Å². The molecule has 1 amide bonds. The Morgan fingerprint density at radius 1 is 1.04 bits per heavy atom. The smallest absolute Gasteiger partial charge is 0.338 e. The molecule has 2 aromatic carbocycles. The van der Waals surface area contributed by atoms with E-state index in [1.165, 1.54) is 6.08 Å². The van der Waals surface area contributed by atoms with Crippen LogP contribution in [0.1, 0.15) is 48.5 Å². The Kier molecular flexibility index (Phi) is 8.48. The lowest BCUT2D eigenvalue weighted by Crippen LogP contribution is -2.13. The van der Waals surface area contributed by atoms with Crippen LogP contribution in [-0.2, 0) is 9.53 Å². The van der Waals surface area contributed by atoms with E-state index in [9.17, 15) is 14.9 Å². The fourth-order valence-electron chi connectivity index (χ4n) is 2.53. The maximum atomic E-state index is 12.3. The van der Waals surface area contributed by atoms with Gasteiger partial charge in [-0.15, -0.1) is 0 Å². The van der Waals surface area contributed by atoms with E-state index in [1.54, 1.807) is 24.3 Å². The molecule has 0 heterocycles. The Morgan fingerprint density at radius 2 is 1.75 bits per heavy atom. The molecule has 0 unspecified atom stereocenters. The van der Waals surface area contributed by atoms with Gasteiger partial charge in [0, 0.05) is 5.69 Å². The molecule has 0 saturated carbocycles. The summed E-state index contributed by atoms with van der Waals surface area (Å²) in [5.41, 5.74) is 1.69. The summed E-state index contributed by atoms with van der Waals surface area (Å²) in [6.07, 6.45) is 5.70. The summed E-state index contributed by atoms with van der Waals surface area (Å²) in [6, 6.07) is 17.5.